The van der Waals surface area contributed by atoms with Gasteiger partial charge < -0.3 is 10.4 Å². The summed E-state index contributed by atoms with van der Waals surface area (Å²) in [4.78, 5) is 17.6. The van der Waals surface area contributed by atoms with Gasteiger partial charge in [0.25, 0.3) is 5.91 Å². The smallest absolute Gasteiger partial charge is 0.252 e. The second-order valence-corrected chi connectivity index (χ2v) is 8.32. The van der Waals surface area contributed by atoms with Crippen LogP contribution in [-0.2, 0) is 6.42 Å². The number of hydrogen-bond donors (Lipinski definition) is 3. The van der Waals surface area contributed by atoms with Crippen LogP contribution in [0.5, 0.6) is 0 Å². The number of nitrogens with one attached hydrogen (secondary N) is 2. The average molecular weight is 463 g/mol. The van der Waals surface area contributed by atoms with E-state index in [1.54, 1.807) is 30.5 Å². The largest absolute Gasteiger partial charge is 0.396 e. The van der Waals surface area contributed by atoms with Crippen LogP contribution in [0.2, 0.25) is 0 Å². The molecule has 0 saturated heterocycles. The first-order valence-corrected chi connectivity index (χ1v) is 10.8. The Morgan fingerprint density at radius 3 is 2.59 bits per heavy atom. The Hall–Kier alpha value is -3.91. The molecule has 3 N–H and O–H groups in total. The van der Waals surface area contributed by atoms with E-state index in [1.807, 2.05) is 19.1 Å². The van der Waals surface area contributed by atoms with Crippen LogP contribution in [-0.4, -0.2) is 38.3 Å². The number of aliphatic hydroxyl groups excluding tert-OH is 1. The summed E-state index contributed by atoms with van der Waals surface area (Å²) in [5, 5.41) is 19.6. The van der Waals surface area contributed by atoms with Crippen molar-refractivity contribution in [1.82, 2.24) is 20.5 Å². The van der Waals surface area contributed by atoms with E-state index >= 15 is 0 Å². The SMILES string of the molecule is C[C@](CCO)(Cc1ccccn1)NC(=O)c1cccc(F)c1-c1cc(-c2ccc(F)cc2)n[nH]1. The summed E-state index contributed by atoms with van der Waals surface area (Å²) in [6.07, 6.45) is 2.35. The van der Waals surface area contributed by atoms with Gasteiger partial charge in [0.15, 0.2) is 0 Å². The first kappa shape index (κ1) is 23.3. The number of carbonyl (C=O) groups is 1. The molecule has 8 heteroatoms. The number of aliphatic hydroxyl groups is 1. The van der Waals surface area contributed by atoms with Gasteiger partial charge in [0.1, 0.15) is 11.6 Å². The third kappa shape index (κ3) is 5.18. The number of halogens is 2. The minimum atomic E-state index is -0.809. The van der Waals surface area contributed by atoms with Crippen molar-refractivity contribution in [2.24, 2.45) is 0 Å². The first-order valence-electron chi connectivity index (χ1n) is 10.8. The Labute approximate surface area is 195 Å². The number of aromatic nitrogens is 3. The van der Waals surface area contributed by atoms with Gasteiger partial charge in [-0.1, -0.05) is 12.1 Å². The van der Waals surface area contributed by atoms with Crippen LogP contribution < -0.4 is 5.32 Å². The molecule has 174 valence electrons. The second-order valence-electron chi connectivity index (χ2n) is 8.32. The van der Waals surface area contributed by atoms with E-state index in [-0.39, 0.29) is 23.6 Å². The molecule has 0 fully saturated rings. The zero-order valence-corrected chi connectivity index (χ0v) is 18.6. The number of hydrogen-bond acceptors (Lipinski definition) is 4. The molecule has 1 atom stereocenters. The van der Waals surface area contributed by atoms with Crippen LogP contribution in [0.25, 0.3) is 22.5 Å². The molecule has 0 radical (unpaired) electrons. The topological polar surface area (TPSA) is 90.9 Å². The van der Waals surface area contributed by atoms with Gasteiger partial charge in [0, 0.05) is 41.6 Å². The summed E-state index contributed by atoms with van der Waals surface area (Å²) in [5.74, 6) is -1.45. The number of nitrogens with zero attached hydrogens (tertiary/aromatic N) is 2. The zero-order valence-electron chi connectivity index (χ0n) is 18.6. The van der Waals surface area contributed by atoms with E-state index in [2.05, 4.69) is 20.5 Å². The molecule has 2 heterocycles. The molecule has 1 amide bonds. The van der Waals surface area contributed by atoms with Crippen molar-refractivity contribution in [3.8, 4) is 22.5 Å². The van der Waals surface area contributed by atoms with Crippen molar-refractivity contribution in [3.05, 3.63) is 95.8 Å². The van der Waals surface area contributed by atoms with E-state index in [0.29, 0.717) is 29.8 Å². The lowest BCUT2D eigenvalue weighted by Crippen LogP contribution is -2.48. The van der Waals surface area contributed by atoms with E-state index in [9.17, 15) is 18.7 Å². The Bertz CT molecular complexity index is 1280. The van der Waals surface area contributed by atoms with Gasteiger partial charge in [-0.2, -0.15) is 5.10 Å². The van der Waals surface area contributed by atoms with Gasteiger partial charge in [-0.05, 0) is 67.9 Å². The lowest BCUT2D eigenvalue weighted by Gasteiger charge is -2.30. The van der Waals surface area contributed by atoms with Crippen LogP contribution >= 0.6 is 0 Å². The van der Waals surface area contributed by atoms with Crippen LogP contribution in [0.15, 0.2) is 72.9 Å². The number of H-pyrrole nitrogens is 1. The molecule has 0 bridgehead atoms. The molecule has 2 aromatic carbocycles. The highest BCUT2D eigenvalue weighted by molar-refractivity contribution is 6.01. The van der Waals surface area contributed by atoms with Gasteiger partial charge in [-0.15, -0.1) is 0 Å². The fourth-order valence-electron chi connectivity index (χ4n) is 3.89. The highest BCUT2D eigenvalue weighted by Gasteiger charge is 2.29. The predicted molar refractivity (Wildman–Crippen MR) is 125 cm³/mol. The van der Waals surface area contributed by atoms with Crippen molar-refractivity contribution in [1.29, 1.82) is 0 Å². The molecule has 6 nitrogen and oxygen atoms in total. The maximum absolute atomic E-state index is 15.0. The van der Waals surface area contributed by atoms with E-state index < -0.39 is 17.3 Å². The third-order valence-electron chi connectivity index (χ3n) is 5.62. The standard InChI is InChI=1S/C26H24F2N4O2/c1-26(12-14-33,16-19-5-2-3-13-29-19)30-25(34)20-6-4-7-21(28)24(20)23-15-22(31-32-23)17-8-10-18(27)11-9-17/h2-11,13,15,33H,12,14,16H2,1H3,(H,30,34)(H,31,32)/t26-/m0/s1. The maximum Gasteiger partial charge on any atom is 0.252 e. The van der Waals surface area contributed by atoms with Crippen LogP contribution in [0, 0.1) is 11.6 Å². The van der Waals surface area contributed by atoms with E-state index in [4.69, 9.17) is 0 Å². The minimum absolute atomic E-state index is 0.0741. The Kier molecular flexibility index (Phi) is 6.79. The molecule has 4 aromatic rings. The van der Waals surface area contributed by atoms with E-state index in [1.165, 1.54) is 30.3 Å². The quantitative estimate of drug-likeness (QED) is 0.359. The summed E-state index contributed by atoms with van der Waals surface area (Å²) in [6, 6.07) is 17.2. The summed E-state index contributed by atoms with van der Waals surface area (Å²) < 4.78 is 28.2. The zero-order chi connectivity index (χ0) is 24.1. The number of aromatic amines is 1. The Morgan fingerprint density at radius 2 is 1.88 bits per heavy atom. The summed E-state index contributed by atoms with van der Waals surface area (Å²) in [7, 11) is 0. The fraction of sp³-hybridized carbons (Fsp3) is 0.192. The fourth-order valence-corrected chi connectivity index (χ4v) is 3.89. The van der Waals surface area contributed by atoms with Gasteiger partial charge >= 0.3 is 0 Å². The van der Waals surface area contributed by atoms with Crippen molar-refractivity contribution in [3.63, 3.8) is 0 Å². The molecule has 0 spiro atoms. The second kappa shape index (κ2) is 9.93. The van der Waals surface area contributed by atoms with Crippen molar-refractivity contribution < 1.29 is 18.7 Å². The highest BCUT2D eigenvalue weighted by atomic mass is 19.1. The monoisotopic (exact) mass is 462 g/mol. The first-order chi connectivity index (χ1) is 16.4. The molecule has 4 rings (SSSR count). The molecule has 0 aliphatic rings. The van der Waals surface area contributed by atoms with Gasteiger partial charge in [-0.25, -0.2) is 8.78 Å². The van der Waals surface area contributed by atoms with Crippen LogP contribution in [0.3, 0.4) is 0 Å². The lowest BCUT2D eigenvalue weighted by molar-refractivity contribution is 0.0888. The molecular formula is C26H24F2N4O2. The van der Waals surface area contributed by atoms with Gasteiger partial charge in [-0.3, -0.25) is 14.9 Å². The third-order valence-corrected chi connectivity index (χ3v) is 5.62. The summed E-state index contributed by atoms with van der Waals surface area (Å²) in [5.41, 5.74) is 1.61. The number of amides is 1. The normalized spacial score (nSPS) is 12.8. The number of benzene rings is 2. The average Bonchev–Trinajstić information content (AvgIpc) is 3.29. The Morgan fingerprint density at radius 1 is 1.09 bits per heavy atom. The maximum atomic E-state index is 15.0. The molecule has 0 aliphatic carbocycles. The molecule has 0 saturated carbocycles. The van der Waals surface area contributed by atoms with Crippen molar-refractivity contribution in [2.75, 3.05) is 6.61 Å². The number of pyridine rings is 1. The molecule has 2 aromatic heterocycles. The number of carbonyl (C=O) groups excluding carboxylic acids is 1. The minimum Gasteiger partial charge on any atom is -0.396 e. The van der Waals surface area contributed by atoms with Gasteiger partial charge in [0.05, 0.1) is 17.0 Å². The number of rotatable bonds is 8. The lowest BCUT2D eigenvalue weighted by atomic mass is 9.90. The highest BCUT2D eigenvalue weighted by Crippen LogP contribution is 2.29. The van der Waals surface area contributed by atoms with Crippen molar-refractivity contribution in [2.45, 2.75) is 25.3 Å². The summed E-state index contributed by atoms with van der Waals surface area (Å²) >= 11 is 0. The van der Waals surface area contributed by atoms with Crippen LogP contribution in [0.4, 0.5) is 8.78 Å². The molecule has 0 aliphatic heterocycles. The van der Waals surface area contributed by atoms with E-state index in [0.717, 1.165) is 5.69 Å². The Balaban J connectivity index is 1.65. The van der Waals surface area contributed by atoms with Crippen molar-refractivity contribution >= 4 is 5.91 Å². The molecule has 0 unspecified atom stereocenters. The summed E-state index contributed by atoms with van der Waals surface area (Å²) in [6.45, 7) is 1.68. The van der Waals surface area contributed by atoms with Gasteiger partial charge in [0.2, 0.25) is 0 Å². The van der Waals surface area contributed by atoms with Crippen LogP contribution in [0.1, 0.15) is 29.4 Å². The predicted octanol–water partition coefficient (Wildman–Crippen LogP) is 4.53. The molecule has 34 heavy (non-hydrogen) atoms. The molecular weight excluding hydrogens is 438 g/mol.